The molecule has 1 unspecified atom stereocenters. The number of amides is 1. The third kappa shape index (κ3) is 6.33. The summed E-state index contributed by atoms with van der Waals surface area (Å²) in [7, 11) is 2.80. The fourth-order valence-corrected chi connectivity index (χ4v) is 5.66. The lowest BCUT2D eigenvalue weighted by Crippen LogP contribution is -2.47. The van der Waals surface area contributed by atoms with Gasteiger partial charge in [-0.3, -0.25) is 9.59 Å². The van der Waals surface area contributed by atoms with Crippen LogP contribution in [-0.4, -0.2) is 72.6 Å². The van der Waals surface area contributed by atoms with Crippen LogP contribution in [0.1, 0.15) is 60.3 Å². The number of hydrogen-bond donors (Lipinski definition) is 1. The number of rotatable bonds is 11. The van der Waals surface area contributed by atoms with Crippen molar-refractivity contribution in [2.24, 2.45) is 0 Å². The Morgan fingerprint density at radius 3 is 2.47 bits per heavy atom. The highest BCUT2D eigenvalue weighted by atomic mass is 35.5. The molecule has 3 rings (SSSR count). The van der Waals surface area contributed by atoms with Gasteiger partial charge in [-0.15, -0.1) is 0 Å². The van der Waals surface area contributed by atoms with Crippen LogP contribution in [0, 0.1) is 0 Å². The van der Waals surface area contributed by atoms with Crippen molar-refractivity contribution in [1.29, 1.82) is 0 Å². The summed E-state index contributed by atoms with van der Waals surface area (Å²) in [6, 6.07) is 7.22. The minimum atomic E-state index is -1.09. The minimum absolute atomic E-state index is 0.178. The second-order valence-electron chi connectivity index (χ2n) is 9.92. The molecule has 1 aliphatic rings. The van der Waals surface area contributed by atoms with Crippen molar-refractivity contribution in [1.82, 2.24) is 24.1 Å². The quantitative estimate of drug-likeness (QED) is 0.472. The lowest BCUT2D eigenvalue weighted by atomic mass is 10.1. The van der Waals surface area contributed by atoms with Crippen LogP contribution in [-0.2, 0) is 24.1 Å². The number of carbonyl (C=O) groups excluding carboxylic acids is 2. The van der Waals surface area contributed by atoms with E-state index in [0.29, 0.717) is 43.2 Å². The molecule has 0 aliphatic heterocycles. The van der Waals surface area contributed by atoms with Crippen molar-refractivity contribution in [3.63, 3.8) is 0 Å². The van der Waals surface area contributed by atoms with Gasteiger partial charge in [0.15, 0.2) is 12.1 Å². The highest BCUT2D eigenvalue weighted by Gasteiger charge is 2.52. The third-order valence-electron chi connectivity index (χ3n) is 6.21. The van der Waals surface area contributed by atoms with Gasteiger partial charge in [0.1, 0.15) is 16.7 Å². The molecule has 0 radical (unpaired) electrons. The number of hydrogen-bond acceptors (Lipinski definition) is 5. The molecule has 186 valence electrons. The highest BCUT2D eigenvalue weighted by Crippen LogP contribution is 2.44. The molecule has 1 saturated carbocycles. The van der Waals surface area contributed by atoms with Crippen LogP contribution < -0.4 is 5.32 Å². The predicted molar refractivity (Wildman–Crippen MR) is 135 cm³/mol. The molecule has 1 amide bonds. The van der Waals surface area contributed by atoms with Crippen LogP contribution >= 0.6 is 11.6 Å². The molecule has 0 spiro atoms. The summed E-state index contributed by atoms with van der Waals surface area (Å²) in [6.07, 6.45) is 3.97. The van der Waals surface area contributed by atoms with E-state index in [1.807, 2.05) is 30.5 Å². The zero-order valence-electron chi connectivity index (χ0n) is 20.5. The molecular formula is C24H34ClN5O3S. The van der Waals surface area contributed by atoms with Crippen LogP contribution in [0.15, 0.2) is 30.5 Å². The number of carbonyl (C=O) groups is 2. The Morgan fingerprint density at radius 2 is 1.91 bits per heavy atom. The molecule has 1 N–H and O–H groups in total. The van der Waals surface area contributed by atoms with Gasteiger partial charge in [0.2, 0.25) is 0 Å². The molecule has 0 saturated heterocycles. The van der Waals surface area contributed by atoms with E-state index in [2.05, 4.69) is 36.0 Å². The zero-order chi connectivity index (χ0) is 25.1. The topological polar surface area (TPSA) is 87.5 Å². The maximum Gasteiger partial charge on any atom is 0.287 e. The lowest BCUT2D eigenvalue weighted by Gasteiger charge is -2.35. The first kappa shape index (κ1) is 26.5. The van der Waals surface area contributed by atoms with Gasteiger partial charge in [-0.1, -0.05) is 23.7 Å². The van der Waals surface area contributed by atoms with Crippen molar-refractivity contribution < 1.29 is 13.8 Å². The van der Waals surface area contributed by atoms with E-state index in [9.17, 15) is 13.8 Å². The van der Waals surface area contributed by atoms with Crippen molar-refractivity contribution >= 4 is 34.8 Å². The Labute approximate surface area is 209 Å². The molecule has 1 fully saturated rings. The van der Waals surface area contributed by atoms with Gasteiger partial charge in [-0.2, -0.15) is 0 Å². The van der Waals surface area contributed by atoms with Gasteiger partial charge in [0, 0.05) is 43.8 Å². The maximum atomic E-state index is 13.2. The average molecular weight is 508 g/mol. The van der Waals surface area contributed by atoms with Crippen molar-refractivity contribution in [2.75, 3.05) is 27.2 Å². The van der Waals surface area contributed by atoms with Crippen molar-refractivity contribution in [2.45, 2.75) is 57.0 Å². The van der Waals surface area contributed by atoms with E-state index in [4.69, 9.17) is 11.6 Å². The van der Waals surface area contributed by atoms with Crippen LogP contribution in [0.25, 0.3) is 0 Å². The van der Waals surface area contributed by atoms with Gasteiger partial charge in [0.25, 0.3) is 5.91 Å². The monoisotopic (exact) mass is 507 g/mol. The molecule has 10 heteroatoms. The van der Waals surface area contributed by atoms with Gasteiger partial charge >= 0.3 is 0 Å². The molecule has 1 aromatic heterocycles. The largest absolute Gasteiger partial charge is 0.345 e. The van der Waals surface area contributed by atoms with E-state index in [1.165, 1.54) is 6.20 Å². The summed E-state index contributed by atoms with van der Waals surface area (Å²) >= 11 is 5.91. The molecule has 1 heterocycles. The minimum Gasteiger partial charge on any atom is -0.345 e. The fourth-order valence-electron chi connectivity index (χ4n) is 3.67. The highest BCUT2D eigenvalue weighted by molar-refractivity contribution is 7.84. The Morgan fingerprint density at radius 1 is 1.26 bits per heavy atom. The summed E-state index contributed by atoms with van der Waals surface area (Å²) in [6.45, 7) is 8.20. The van der Waals surface area contributed by atoms with Crippen molar-refractivity contribution in [3.05, 3.63) is 52.6 Å². The van der Waals surface area contributed by atoms with Gasteiger partial charge in [0.05, 0.1) is 10.9 Å². The number of nitrogens with zero attached hydrogens (tertiary/aromatic N) is 4. The average Bonchev–Trinajstić information content (AvgIpc) is 3.45. The van der Waals surface area contributed by atoms with E-state index in [0.717, 1.165) is 18.4 Å². The zero-order valence-corrected chi connectivity index (χ0v) is 22.1. The Kier molecular flexibility index (Phi) is 8.34. The number of imidazole rings is 1. The fraction of sp³-hybridized carbons (Fsp3) is 0.542. The maximum absolute atomic E-state index is 13.2. The Bertz CT molecular complexity index is 1040. The second-order valence-corrected chi connectivity index (χ2v) is 12.3. The molecule has 8 nitrogen and oxygen atoms in total. The smallest absolute Gasteiger partial charge is 0.287 e. The molecule has 1 aromatic carbocycles. The van der Waals surface area contributed by atoms with Crippen molar-refractivity contribution in [3.8, 4) is 0 Å². The predicted octanol–water partition coefficient (Wildman–Crippen LogP) is 3.14. The summed E-state index contributed by atoms with van der Waals surface area (Å²) in [5.74, 6) is -0.154. The van der Waals surface area contributed by atoms with E-state index < -0.39 is 11.0 Å². The summed E-state index contributed by atoms with van der Waals surface area (Å²) in [5.41, 5.74) is 1.08. The summed E-state index contributed by atoms with van der Waals surface area (Å²) in [5, 5.41) is 3.48. The molecule has 34 heavy (non-hydrogen) atoms. The lowest BCUT2D eigenvalue weighted by molar-refractivity contribution is 0.0935. The van der Waals surface area contributed by atoms with Gasteiger partial charge in [-0.25, -0.2) is 13.5 Å². The molecule has 1 aliphatic carbocycles. The number of aldehydes is 1. The Hall–Kier alpha value is -2.07. The van der Waals surface area contributed by atoms with Crippen LogP contribution in [0.5, 0.6) is 0 Å². The van der Waals surface area contributed by atoms with Crippen LogP contribution in [0.4, 0.5) is 0 Å². The van der Waals surface area contributed by atoms with Gasteiger partial charge < -0.3 is 14.8 Å². The first-order chi connectivity index (χ1) is 16.0. The number of aromatic nitrogens is 2. The van der Waals surface area contributed by atoms with Crippen LogP contribution in [0.3, 0.4) is 0 Å². The number of nitrogens with one attached hydrogen (secondary N) is 1. The number of likely N-dealkylation sites (N-methyl/N-ethyl adjacent to an activating group) is 1. The SMILES string of the molecule is CN(CCn1c(C=O)cnc1C(=O)NCc1ccc(Cl)cc1)CC1(S(=O)N(C)C(C)(C)C)CC1. The van der Waals surface area contributed by atoms with Gasteiger partial charge in [-0.05, 0) is 58.4 Å². The molecule has 1 atom stereocenters. The summed E-state index contributed by atoms with van der Waals surface area (Å²) < 4.78 is 16.5. The summed E-state index contributed by atoms with van der Waals surface area (Å²) in [4.78, 5) is 30.6. The number of benzene rings is 1. The van der Waals surface area contributed by atoms with Crippen LogP contribution in [0.2, 0.25) is 5.02 Å². The normalized spacial score (nSPS) is 16.0. The third-order valence-corrected chi connectivity index (χ3v) is 8.79. The van der Waals surface area contributed by atoms with E-state index in [-0.39, 0.29) is 22.0 Å². The molecule has 0 bridgehead atoms. The Balaban J connectivity index is 1.61. The first-order valence-corrected chi connectivity index (χ1v) is 12.8. The second kappa shape index (κ2) is 10.7. The van der Waals surface area contributed by atoms with E-state index >= 15 is 0 Å². The molecule has 2 aromatic rings. The standard InChI is InChI=1S/C24H34ClN5O3S/c1-23(2,3)29(5)34(33)24(10-11-24)17-28(4)12-13-30-20(16-31)15-26-21(30)22(32)27-14-18-6-8-19(25)9-7-18/h6-9,15-16H,10-14,17H2,1-5H3,(H,27,32). The van der Waals surface area contributed by atoms with E-state index in [1.54, 1.807) is 16.7 Å². The molecular weight excluding hydrogens is 474 g/mol. The first-order valence-electron chi connectivity index (χ1n) is 11.3. The number of halogens is 1.